The number of urea groups is 1. The largest absolute Gasteiger partial charge is 0.468 e. The number of likely N-dealkylation sites (N-methyl/N-ethyl adjacent to an activating group) is 1. The maximum absolute atomic E-state index is 15.8. The van der Waals surface area contributed by atoms with Crippen LogP contribution in [0.25, 0.3) is 22.0 Å². The Bertz CT molecular complexity index is 3250. The molecule has 6 rings (SSSR count). The molecule has 3 heterocycles. The Morgan fingerprint density at radius 3 is 2.08 bits per heavy atom. The highest BCUT2D eigenvalue weighted by Gasteiger charge is 2.57. The highest BCUT2D eigenvalue weighted by molar-refractivity contribution is 7.93. The smallest absolute Gasteiger partial charge is 0.435 e. The number of hydrogen-bond acceptors (Lipinski definition) is 11. The van der Waals surface area contributed by atoms with E-state index in [0.717, 1.165) is 58.5 Å². The van der Waals surface area contributed by atoms with Crippen molar-refractivity contribution in [3.63, 3.8) is 0 Å². The number of esters is 1. The topological polar surface area (TPSA) is 196 Å². The number of nitrogens with one attached hydrogen (secondary N) is 1. The summed E-state index contributed by atoms with van der Waals surface area (Å²) in [6, 6.07) is 3.55. The molecule has 1 aliphatic carbocycles. The summed E-state index contributed by atoms with van der Waals surface area (Å²) in [5.74, 6) is -12.7. The number of carbonyl (C=O) groups excluding carboxylic acids is 3. The van der Waals surface area contributed by atoms with E-state index in [2.05, 4.69) is 20.3 Å². The summed E-state index contributed by atoms with van der Waals surface area (Å²) in [6.07, 6.45) is -9.94. The minimum absolute atomic E-state index is 0.0185. The summed E-state index contributed by atoms with van der Waals surface area (Å²) in [6.45, 7) is 0.767. The molecule has 5 aromatic rings. The number of sulfone groups is 1. The van der Waals surface area contributed by atoms with Gasteiger partial charge in [-0.05, 0) is 68.9 Å². The van der Waals surface area contributed by atoms with E-state index in [1.165, 1.54) is 26.0 Å². The maximum atomic E-state index is 15.8. The molecule has 16 nitrogen and oxygen atoms in total. The Morgan fingerprint density at radius 1 is 0.919 bits per heavy atom. The normalized spacial score (nSPS) is 16.5. The van der Waals surface area contributed by atoms with Crippen LogP contribution in [0.1, 0.15) is 80.0 Å². The minimum Gasteiger partial charge on any atom is -0.468 e. The number of alkyl halides is 8. The Labute approximate surface area is 421 Å². The summed E-state index contributed by atoms with van der Waals surface area (Å²) >= 11 is 6.65. The van der Waals surface area contributed by atoms with E-state index in [0.29, 0.717) is 17.2 Å². The van der Waals surface area contributed by atoms with Gasteiger partial charge in [0.2, 0.25) is 15.9 Å². The van der Waals surface area contributed by atoms with Crippen molar-refractivity contribution in [2.24, 2.45) is 5.92 Å². The average Bonchev–Trinajstić information content (AvgIpc) is 3.87. The number of benzene rings is 2. The second-order valence-corrected chi connectivity index (χ2v) is 23.4. The van der Waals surface area contributed by atoms with Gasteiger partial charge in [0.25, 0.3) is 5.92 Å². The number of ether oxygens (including phenoxy) is 1. The molecule has 74 heavy (non-hydrogen) atoms. The molecule has 3 amide bonds. The SMILES string of the molecule is COC(=O)CN(C)C(=O)N(c1nn(CC(F)(F)F)c2c(-c3ccc(CCC(C)(C)S(C)(=O)=O)nc3[C@H](Cc3cc(F)cc(F)c3)NC(=O)Cn3nc(C(F)(F)F)c4c3C(F)(F)[C@H](C)[C@@H]4C)ccc(Cl)c12)S(C)(=O)=O. The van der Waals surface area contributed by atoms with Crippen LogP contribution in [-0.4, -0.2) is 108 Å². The van der Waals surface area contributed by atoms with Crippen LogP contribution < -0.4 is 9.62 Å². The van der Waals surface area contributed by atoms with E-state index in [-0.39, 0.29) is 48.9 Å². The van der Waals surface area contributed by atoms with Crippen molar-refractivity contribution in [2.75, 3.05) is 37.5 Å². The number of fused-ring (bicyclic) bond motifs is 2. The van der Waals surface area contributed by atoms with Crippen molar-refractivity contribution in [1.29, 1.82) is 0 Å². The van der Waals surface area contributed by atoms with Crippen molar-refractivity contribution < 1.29 is 79.9 Å². The van der Waals surface area contributed by atoms with Crippen LogP contribution in [0.3, 0.4) is 0 Å². The number of pyridine rings is 1. The first-order valence-electron chi connectivity index (χ1n) is 22.0. The zero-order chi connectivity index (χ0) is 55.6. The third-order valence-corrected chi connectivity index (χ3v) is 16.2. The highest BCUT2D eigenvalue weighted by atomic mass is 35.5. The summed E-state index contributed by atoms with van der Waals surface area (Å²) in [5.41, 5.74) is -5.60. The van der Waals surface area contributed by atoms with Crippen LogP contribution in [0, 0.1) is 17.6 Å². The van der Waals surface area contributed by atoms with Gasteiger partial charge in [0.05, 0.1) is 45.8 Å². The molecule has 2 aromatic carbocycles. The van der Waals surface area contributed by atoms with Gasteiger partial charge in [0.15, 0.2) is 21.3 Å². The number of hydrogen-bond donors (Lipinski definition) is 1. The molecule has 404 valence electrons. The molecule has 1 aliphatic rings. The zero-order valence-corrected chi connectivity index (χ0v) is 42.8. The Hall–Kier alpha value is -6.03. The number of anilines is 1. The lowest BCUT2D eigenvalue weighted by molar-refractivity contribution is -0.143. The number of rotatable bonds is 16. The molecule has 3 atom stereocenters. The molecular formula is C45H47ClF10N8O8S2. The van der Waals surface area contributed by atoms with Crippen molar-refractivity contribution in [1.82, 2.24) is 34.8 Å². The molecule has 0 saturated carbocycles. The minimum atomic E-state index is -5.26. The quantitative estimate of drug-likeness (QED) is 0.0735. The lowest BCUT2D eigenvalue weighted by Crippen LogP contribution is -2.46. The van der Waals surface area contributed by atoms with E-state index >= 15 is 8.78 Å². The summed E-state index contributed by atoms with van der Waals surface area (Å²) in [4.78, 5) is 45.5. The fourth-order valence-electron chi connectivity index (χ4n) is 8.46. The van der Waals surface area contributed by atoms with Gasteiger partial charge in [-0.15, -0.1) is 0 Å². The van der Waals surface area contributed by atoms with Crippen LogP contribution in [0.5, 0.6) is 0 Å². The average molecular weight is 1120 g/mol. The standard InChI is InChI=1S/C45H47ClF10N8O8S2/c1-22-23(2)44(52,53)39-34(22)38(45(54,55)56)59-62(39)19-32(65)58-31(17-24-15-25(47)18-26(48)16-24)36-28(10-9-27(57-36)13-14-42(3,4)73(7,68)69)29-11-12-30(46)35-37(29)63(21-43(49,50)51)60-40(35)64(74(8,70)71)41(67)61(5)20-33(66)72-6/h9-12,15-16,18,22-23,31H,13-14,17,19-21H2,1-8H3,(H,58,65)/t22-,23+,31-/m0/s1. The fourth-order valence-corrected chi connectivity index (χ4v) is 10.0. The van der Waals surface area contributed by atoms with E-state index < -0.39 is 161 Å². The lowest BCUT2D eigenvalue weighted by atomic mass is 9.93. The number of aryl methyl sites for hydroxylation is 1. The van der Waals surface area contributed by atoms with Crippen LogP contribution in [0.15, 0.2) is 42.5 Å². The third-order valence-electron chi connectivity index (χ3n) is 12.7. The predicted octanol–water partition coefficient (Wildman–Crippen LogP) is 8.50. The number of methoxy groups -OCH3 is 1. The van der Waals surface area contributed by atoms with E-state index in [1.54, 1.807) is 0 Å². The zero-order valence-electron chi connectivity index (χ0n) is 40.4. The third kappa shape index (κ3) is 11.7. The van der Waals surface area contributed by atoms with Crippen LogP contribution in [0.2, 0.25) is 5.02 Å². The molecule has 0 radical (unpaired) electrons. The molecule has 1 N–H and O–H groups in total. The summed E-state index contributed by atoms with van der Waals surface area (Å²) < 4.78 is 204. The molecule has 0 aliphatic heterocycles. The Balaban J connectivity index is 1.65. The molecule has 3 aromatic heterocycles. The number of sulfonamides is 1. The van der Waals surface area contributed by atoms with Gasteiger partial charge in [0.1, 0.15) is 37.0 Å². The van der Waals surface area contributed by atoms with E-state index in [1.807, 2.05) is 0 Å². The number of carbonyl (C=O) groups is 3. The molecule has 0 saturated heterocycles. The molecule has 0 spiro atoms. The summed E-state index contributed by atoms with van der Waals surface area (Å²) in [5, 5.41) is 8.67. The van der Waals surface area contributed by atoms with Gasteiger partial charge in [-0.1, -0.05) is 37.6 Å². The number of amides is 3. The molecule has 0 fully saturated rings. The number of halogens is 11. The van der Waals surface area contributed by atoms with Crippen molar-refractivity contribution in [2.45, 2.75) is 95.0 Å². The van der Waals surface area contributed by atoms with Gasteiger partial charge >= 0.3 is 24.4 Å². The second kappa shape index (κ2) is 20.3. The van der Waals surface area contributed by atoms with Gasteiger partial charge in [-0.2, -0.15) is 49.6 Å². The monoisotopic (exact) mass is 1120 g/mol. The molecule has 0 bridgehead atoms. The van der Waals surface area contributed by atoms with Crippen molar-refractivity contribution in [3.8, 4) is 11.1 Å². The van der Waals surface area contributed by atoms with E-state index in [9.17, 15) is 66.3 Å². The molecule has 29 heteroatoms. The lowest BCUT2D eigenvalue weighted by Gasteiger charge is -2.25. The first-order chi connectivity index (χ1) is 33.9. The summed E-state index contributed by atoms with van der Waals surface area (Å²) in [7, 11) is -6.71. The van der Waals surface area contributed by atoms with Gasteiger partial charge < -0.3 is 15.0 Å². The Morgan fingerprint density at radius 2 is 1.53 bits per heavy atom. The fraction of sp³-hybridized carbons (Fsp3) is 0.467. The predicted molar refractivity (Wildman–Crippen MR) is 248 cm³/mol. The van der Waals surface area contributed by atoms with Gasteiger partial charge in [-0.3, -0.25) is 23.9 Å². The van der Waals surface area contributed by atoms with Gasteiger partial charge in [0, 0.05) is 47.7 Å². The highest BCUT2D eigenvalue weighted by Crippen LogP contribution is 2.55. The first-order valence-corrected chi connectivity index (χ1v) is 26.1. The van der Waals surface area contributed by atoms with E-state index in [4.69, 9.17) is 16.6 Å². The Kier molecular flexibility index (Phi) is 15.7. The van der Waals surface area contributed by atoms with Gasteiger partial charge in [-0.25, -0.2) is 30.4 Å². The van der Waals surface area contributed by atoms with Crippen LogP contribution >= 0.6 is 11.6 Å². The first kappa shape index (κ1) is 57.3. The maximum Gasteiger partial charge on any atom is 0.435 e. The van der Waals surface area contributed by atoms with Crippen LogP contribution in [-0.2, 0) is 72.2 Å². The molecule has 0 unspecified atom stereocenters. The van der Waals surface area contributed by atoms with Crippen molar-refractivity contribution >= 4 is 66.1 Å². The van der Waals surface area contributed by atoms with Crippen molar-refractivity contribution in [3.05, 3.63) is 93.0 Å². The second-order valence-electron chi connectivity index (χ2n) is 18.5. The molecular weight excluding hydrogens is 1070 g/mol. The number of aromatic nitrogens is 5. The number of nitrogens with zero attached hydrogens (tertiary/aromatic N) is 7. The van der Waals surface area contributed by atoms with Crippen LogP contribution in [0.4, 0.5) is 54.5 Å².